The van der Waals surface area contributed by atoms with Crippen LogP contribution in [0.4, 0.5) is 10.3 Å². The first-order valence-electron chi connectivity index (χ1n) is 4.07. The van der Waals surface area contributed by atoms with E-state index in [0.717, 1.165) is 11.3 Å². The summed E-state index contributed by atoms with van der Waals surface area (Å²) in [7, 11) is 0. The first kappa shape index (κ1) is 9.53. The van der Waals surface area contributed by atoms with Gasteiger partial charge in [0.1, 0.15) is 5.69 Å². The second-order valence-electron chi connectivity index (χ2n) is 2.61. The van der Waals surface area contributed by atoms with Crippen molar-refractivity contribution in [3.63, 3.8) is 0 Å². The average molecular weight is 221 g/mol. The number of carbonyl (C=O) groups excluding carboxylic acids is 1. The molecule has 2 aromatic heterocycles. The first-order chi connectivity index (χ1) is 7.25. The van der Waals surface area contributed by atoms with E-state index >= 15 is 0 Å². The van der Waals surface area contributed by atoms with Gasteiger partial charge < -0.3 is 5.73 Å². The molecule has 1 amide bonds. The van der Waals surface area contributed by atoms with Crippen LogP contribution >= 0.6 is 11.3 Å². The maximum absolute atomic E-state index is 11.5. The van der Waals surface area contributed by atoms with Crippen molar-refractivity contribution in [3.05, 3.63) is 30.1 Å². The summed E-state index contributed by atoms with van der Waals surface area (Å²) >= 11 is 1.11. The van der Waals surface area contributed by atoms with Crippen molar-refractivity contribution < 1.29 is 4.79 Å². The molecular formula is C8H7N5OS. The van der Waals surface area contributed by atoms with Crippen molar-refractivity contribution in [1.82, 2.24) is 15.2 Å². The van der Waals surface area contributed by atoms with Gasteiger partial charge in [-0.2, -0.15) is 0 Å². The molecule has 76 valence electrons. The predicted molar refractivity (Wildman–Crippen MR) is 56.5 cm³/mol. The van der Waals surface area contributed by atoms with E-state index in [0.29, 0.717) is 16.0 Å². The van der Waals surface area contributed by atoms with Crippen LogP contribution in [0, 0.1) is 0 Å². The number of amides is 1. The van der Waals surface area contributed by atoms with Crippen molar-refractivity contribution in [1.29, 1.82) is 0 Å². The van der Waals surface area contributed by atoms with Gasteiger partial charge in [-0.1, -0.05) is 17.4 Å². The van der Waals surface area contributed by atoms with Crippen molar-refractivity contribution in [2.75, 3.05) is 11.1 Å². The predicted octanol–water partition coefficient (Wildman–Crippen LogP) is 0.768. The molecule has 7 heteroatoms. The van der Waals surface area contributed by atoms with Gasteiger partial charge in [0.05, 0.1) is 0 Å². The van der Waals surface area contributed by atoms with Gasteiger partial charge in [0.25, 0.3) is 5.91 Å². The largest absolute Gasteiger partial charge is 0.374 e. The topological polar surface area (TPSA) is 93.8 Å². The molecule has 0 saturated heterocycles. The molecule has 0 fully saturated rings. The lowest BCUT2D eigenvalue weighted by Crippen LogP contribution is -2.13. The Morgan fingerprint density at radius 2 is 2.27 bits per heavy atom. The van der Waals surface area contributed by atoms with Crippen LogP contribution in [0.25, 0.3) is 0 Å². The van der Waals surface area contributed by atoms with E-state index in [-0.39, 0.29) is 5.91 Å². The van der Waals surface area contributed by atoms with E-state index in [9.17, 15) is 4.79 Å². The second-order valence-corrected chi connectivity index (χ2v) is 3.62. The van der Waals surface area contributed by atoms with Crippen LogP contribution in [0.15, 0.2) is 24.4 Å². The number of nitrogens with zero attached hydrogens (tertiary/aromatic N) is 3. The highest BCUT2D eigenvalue weighted by molar-refractivity contribution is 7.19. The second kappa shape index (κ2) is 4.01. The van der Waals surface area contributed by atoms with Gasteiger partial charge in [-0.3, -0.25) is 15.1 Å². The van der Waals surface area contributed by atoms with E-state index < -0.39 is 0 Å². The Kier molecular flexibility index (Phi) is 2.55. The van der Waals surface area contributed by atoms with Crippen molar-refractivity contribution in [3.8, 4) is 0 Å². The minimum atomic E-state index is -0.327. The third-order valence-corrected chi connectivity index (χ3v) is 2.23. The van der Waals surface area contributed by atoms with Gasteiger partial charge in [-0.05, 0) is 12.1 Å². The fourth-order valence-electron chi connectivity index (χ4n) is 0.943. The van der Waals surface area contributed by atoms with Crippen LogP contribution in [-0.4, -0.2) is 21.1 Å². The Hall–Kier alpha value is -2.02. The molecule has 0 spiro atoms. The average Bonchev–Trinajstić information content (AvgIpc) is 2.65. The van der Waals surface area contributed by atoms with E-state index in [2.05, 4.69) is 20.5 Å². The van der Waals surface area contributed by atoms with Crippen LogP contribution in [0.2, 0.25) is 0 Å². The number of hydrogen-bond acceptors (Lipinski definition) is 6. The minimum absolute atomic E-state index is 0.311. The van der Waals surface area contributed by atoms with Crippen molar-refractivity contribution in [2.24, 2.45) is 0 Å². The van der Waals surface area contributed by atoms with Gasteiger partial charge in [-0.25, -0.2) is 0 Å². The van der Waals surface area contributed by atoms with Crippen LogP contribution < -0.4 is 11.1 Å². The lowest BCUT2D eigenvalue weighted by atomic mass is 10.3. The Labute approximate surface area is 89.2 Å². The molecule has 3 N–H and O–H groups in total. The third-order valence-electron chi connectivity index (χ3n) is 1.56. The number of pyridine rings is 1. The molecule has 15 heavy (non-hydrogen) atoms. The number of hydrogen-bond donors (Lipinski definition) is 2. The number of anilines is 2. The summed E-state index contributed by atoms with van der Waals surface area (Å²) in [6.07, 6.45) is 1.55. The van der Waals surface area contributed by atoms with Gasteiger partial charge in [0.2, 0.25) is 10.3 Å². The number of nitrogen functional groups attached to an aromatic ring is 1. The van der Waals surface area contributed by atoms with E-state index in [4.69, 9.17) is 5.73 Å². The van der Waals surface area contributed by atoms with Crippen molar-refractivity contribution in [2.45, 2.75) is 0 Å². The highest BCUT2D eigenvalue weighted by atomic mass is 32.1. The van der Waals surface area contributed by atoms with E-state index in [1.807, 2.05) is 0 Å². The minimum Gasteiger partial charge on any atom is -0.374 e. The normalized spacial score (nSPS) is 9.87. The Bertz CT molecular complexity index is 469. The lowest BCUT2D eigenvalue weighted by molar-refractivity contribution is 0.102. The number of aromatic nitrogens is 3. The highest BCUT2D eigenvalue weighted by Crippen LogP contribution is 2.16. The van der Waals surface area contributed by atoms with Crippen LogP contribution in [0.5, 0.6) is 0 Å². The zero-order valence-corrected chi connectivity index (χ0v) is 8.36. The Morgan fingerprint density at radius 1 is 1.40 bits per heavy atom. The molecule has 6 nitrogen and oxygen atoms in total. The summed E-state index contributed by atoms with van der Waals surface area (Å²) in [6, 6.07) is 5.08. The zero-order valence-electron chi connectivity index (χ0n) is 7.54. The maximum Gasteiger partial charge on any atom is 0.276 e. The number of nitrogens with two attached hydrogens (primary N) is 1. The summed E-state index contributed by atoms with van der Waals surface area (Å²) in [5, 5.41) is 10.5. The standard InChI is InChI=1S/C8H7N5OS/c9-7-12-13-8(15-7)11-6(14)5-3-1-2-4-10-5/h1-4H,(H2,9,12)(H,11,13,14). The van der Waals surface area contributed by atoms with Gasteiger partial charge in [-0.15, -0.1) is 10.2 Å². The zero-order chi connectivity index (χ0) is 10.7. The summed E-state index contributed by atoms with van der Waals surface area (Å²) in [5.41, 5.74) is 5.70. The SMILES string of the molecule is Nc1nnc(NC(=O)c2ccccn2)s1. The molecule has 2 rings (SSSR count). The monoisotopic (exact) mass is 221 g/mol. The molecule has 2 heterocycles. The summed E-state index contributed by atoms with van der Waals surface area (Å²) in [4.78, 5) is 15.4. The molecule has 0 atom stereocenters. The molecule has 0 unspecified atom stereocenters. The molecule has 2 aromatic rings. The van der Waals surface area contributed by atoms with Crippen molar-refractivity contribution >= 4 is 27.5 Å². The summed E-state index contributed by atoms with van der Waals surface area (Å²) < 4.78 is 0. The quantitative estimate of drug-likeness (QED) is 0.781. The smallest absolute Gasteiger partial charge is 0.276 e. The fourth-order valence-corrected chi connectivity index (χ4v) is 1.45. The maximum atomic E-state index is 11.5. The van der Waals surface area contributed by atoms with Crippen LogP contribution in [-0.2, 0) is 0 Å². The lowest BCUT2D eigenvalue weighted by Gasteiger charge is -1.98. The van der Waals surface area contributed by atoms with E-state index in [1.165, 1.54) is 0 Å². The molecule has 0 bridgehead atoms. The molecule has 0 aliphatic carbocycles. The van der Waals surface area contributed by atoms with Gasteiger partial charge in [0, 0.05) is 6.20 Å². The Morgan fingerprint density at radius 3 is 2.87 bits per heavy atom. The van der Waals surface area contributed by atoms with Gasteiger partial charge in [0.15, 0.2) is 0 Å². The summed E-state index contributed by atoms with van der Waals surface area (Å²) in [5.74, 6) is -0.327. The number of carbonyl (C=O) groups is 1. The van der Waals surface area contributed by atoms with Crippen LogP contribution in [0.1, 0.15) is 10.5 Å². The molecule has 0 aliphatic rings. The molecule has 0 radical (unpaired) electrons. The van der Waals surface area contributed by atoms with Gasteiger partial charge >= 0.3 is 0 Å². The molecule has 0 aromatic carbocycles. The highest BCUT2D eigenvalue weighted by Gasteiger charge is 2.09. The molecular weight excluding hydrogens is 214 g/mol. The third kappa shape index (κ3) is 2.26. The molecule has 0 saturated carbocycles. The first-order valence-corrected chi connectivity index (χ1v) is 4.89. The fraction of sp³-hybridized carbons (Fsp3) is 0. The molecule has 0 aliphatic heterocycles. The number of nitrogens with one attached hydrogen (secondary N) is 1. The van der Waals surface area contributed by atoms with E-state index in [1.54, 1.807) is 24.4 Å². The van der Waals surface area contributed by atoms with Crippen LogP contribution in [0.3, 0.4) is 0 Å². The summed E-state index contributed by atoms with van der Waals surface area (Å²) in [6.45, 7) is 0. The Balaban J connectivity index is 2.11. The number of rotatable bonds is 2.